The quantitative estimate of drug-likeness (QED) is 0.675. The monoisotopic (exact) mass is 281 g/mol. The fraction of sp³-hybridized carbons (Fsp3) is 0.529. The van der Waals surface area contributed by atoms with E-state index in [1.807, 2.05) is 0 Å². The van der Waals surface area contributed by atoms with E-state index in [1.165, 1.54) is 55.5 Å². The number of nitrogens with two attached hydrogens (primary N) is 1. The van der Waals surface area contributed by atoms with Gasteiger partial charge in [0, 0.05) is 6.92 Å². The molecular formula is C17H28ClN. The van der Waals surface area contributed by atoms with Crippen LogP contribution in [0, 0.1) is 0 Å². The molecule has 0 amide bonds. The highest BCUT2D eigenvalue weighted by molar-refractivity contribution is 5.14. The molecule has 0 radical (unpaired) electrons. The summed E-state index contributed by atoms with van der Waals surface area (Å²) in [4.78, 5) is 0. The second kappa shape index (κ2) is 11.1. The maximum atomic E-state index is 2.38. The van der Waals surface area contributed by atoms with Crippen molar-refractivity contribution in [1.82, 2.24) is 0 Å². The first-order chi connectivity index (χ1) is 8.70. The number of quaternary nitrogens is 1. The molecule has 0 aliphatic rings. The summed E-state index contributed by atoms with van der Waals surface area (Å²) in [5.74, 6) is 0. The van der Waals surface area contributed by atoms with Crippen LogP contribution >= 0.6 is 0 Å². The first kappa shape index (κ1) is 18.2. The van der Waals surface area contributed by atoms with E-state index in [4.69, 9.17) is 0 Å². The molecule has 1 rings (SSSR count). The SMILES string of the molecule is CC(C)=C(C)[NH2+]CCCCCCc1ccccc1.[Cl-]. The van der Waals surface area contributed by atoms with Crippen LogP contribution in [0.2, 0.25) is 0 Å². The van der Waals surface area contributed by atoms with Crippen LogP contribution < -0.4 is 17.7 Å². The summed E-state index contributed by atoms with van der Waals surface area (Å²) < 4.78 is 0. The number of aryl methyl sites for hydroxylation is 1. The normalized spacial score (nSPS) is 9.84. The van der Waals surface area contributed by atoms with Crippen molar-refractivity contribution in [2.24, 2.45) is 0 Å². The van der Waals surface area contributed by atoms with Crippen molar-refractivity contribution in [1.29, 1.82) is 0 Å². The zero-order valence-electron chi connectivity index (χ0n) is 12.6. The molecule has 0 fully saturated rings. The Bertz CT molecular complexity index is 353. The highest BCUT2D eigenvalue weighted by atomic mass is 35.5. The highest BCUT2D eigenvalue weighted by Crippen LogP contribution is 2.06. The van der Waals surface area contributed by atoms with Crippen LogP contribution in [0.4, 0.5) is 0 Å². The Labute approximate surface area is 124 Å². The van der Waals surface area contributed by atoms with Crippen LogP contribution in [0.5, 0.6) is 0 Å². The lowest BCUT2D eigenvalue weighted by atomic mass is 10.1. The highest BCUT2D eigenvalue weighted by Gasteiger charge is 1.97. The standard InChI is InChI=1S/C17H27N.ClH/c1-15(2)16(3)18-14-10-5-4-7-11-17-12-8-6-9-13-17;/h6,8-9,12-13,18H,4-5,7,10-11,14H2,1-3H3;1H. The van der Waals surface area contributed by atoms with E-state index in [9.17, 15) is 0 Å². The molecular weight excluding hydrogens is 254 g/mol. The lowest BCUT2D eigenvalue weighted by Crippen LogP contribution is -3.00. The number of hydrogen-bond donors (Lipinski definition) is 1. The molecule has 0 saturated carbocycles. The van der Waals surface area contributed by atoms with Gasteiger partial charge < -0.3 is 17.7 Å². The minimum absolute atomic E-state index is 0. The maximum absolute atomic E-state index is 2.38. The van der Waals surface area contributed by atoms with E-state index in [0.29, 0.717) is 0 Å². The summed E-state index contributed by atoms with van der Waals surface area (Å²) in [7, 11) is 0. The number of unbranched alkanes of at least 4 members (excludes halogenated alkanes) is 3. The summed E-state index contributed by atoms with van der Waals surface area (Å²) in [6, 6.07) is 10.8. The molecule has 0 saturated heterocycles. The fourth-order valence-electron chi connectivity index (χ4n) is 1.99. The van der Waals surface area contributed by atoms with E-state index in [-0.39, 0.29) is 12.4 Å². The molecule has 0 heterocycles. The third kappa shape index (κ3) is 8.85. The molecule has 108 valence electrons. The Morgan fingerprint density at radius 3 is 2.16 bits per heavy atom. The predicted octanol–water partition coefficient (Wildman–Crippen LogP) is 0.671. The molecule has 0 aromatic heterocycles. The minimum Gasteiger partial charge on any atom is -1.00 e. The number of hydrogen-bond acceptors (Lipinski definition) is 0. The van der Waals surface area contributed by atoms with Crippen molar-refractivity contribution in [2.75, 3.05) is 6.54 Å². The summed E-state index contributed by atoms with van der Waals surface area (Å²) in [5, 5.41) is 2.38. The van der Waals surface area contributed by atoms with Gasteiger partial charge in [-0.3, -0.25) is 0 Å². The van der Waals surface area contributed by atoms with Gasteiger partial charge in [0.25, 0.3) is 0 Å². The molecule has 0 aliphatic carbocycles. The van der Waals surface area contributed by atoms with Crippen molar-refractivity contribution in [3.05, 3.63) is 47.2 Å². The second-order valence-corrected chi connectivity index (χ2v) is 5.33. The molecule has 0 atom stereocenters. The Kier molecular flexibility index (Phi) is 10.6. The van der Waals surface area contributed by atoms with Gasteiger partial charge in [0.2, 0.25) is 0 Å². The van der Waals surface area contributed by atoms with E-state index in [1.54, 1.807) is 0 Å². The zero-order chi connectivity index (χ0) is 13.2. The summed E-state index contributed by atoms with van der Waals surface area (Å²) in [6.07, 6.45) is 6.61. The molecule has 0 spiro atoms. The van der Waals surface area contributed by atoms with E-state index < -0.39 is 0 Å². The first-order valence-electron chi connectivity index (χ1n) is 7.21. The van der Waals surface area contributed by atoms with Crippen LogP contribution in [-0.4, -0.2) is 6.54 Å². The van der Waals surface area contributed by atoms with Crippen molar-refractivity contribution < 1.29 is 17.7 Å². The number of benzene rings is 1. The molecule has 1 aromatic carbocycles. The van der Waals surface area contributed by atoms with Crippen molar-refractivity contribution in [3.63, 3.8) is 0 Å². The average Bonchev–Trinajstić information content (AvgIpc) is 2.38. The van der Waals surface area contributed by atoms with Crippen LogP contribution in [0.15, 0.2) is 41.6 Å². The molecule has 2 N–H and O–H groups in total. The maximum Gasteiger partial charge on any atom is 0.101 e. The van der Waals surface area contributed by atoms with Gasteiger partial charge >= 0.3 is 0 Å². The predicted molar refractivity (Wildman–Crippen MR) is 79.5 cm³/mol. The second-order valence-electron chi connectivity index (χ2n) is 5.33. The Balaban J connectivity index is 0.00000324. The van der Waals surface area contributed by atoms with Gasteiger partial charge in [0.1, 0.15) is 5.70 Å². The van der Waals surface area contributed by atoms with Gasteiger partial charge in [-0.05, 0) is 50.7 Å². The van der Waals surface area contributed by atoms with Crippen LogP contribution in [0.25, 0.3) is 0 Å². The van der Waals surface area contributed by atoms with Crippen LogP contribution in [0.3, 0.4) is 0 Å². The van der Waals surface area contributed by atoms with Gasteiger partial charge in [0.15, 0.2) is 0 Å². The van der Waals surface area contributed by atoms with Crippen molar-refractivity contribution >= 4 is 0 Å². The van der Waals surface area contributed by atoms with Gasteiger partial charge in [-0.2, -0.15) is 0 Å². The number of halogens is 1. The summed E-state index contributed by atoms with van der Waals surface area (Å²) >= 11 is 0. The van der Waals surface area contributed by atoms with Crippen molar-refractivity contribution in [2.45, 2.75) is 52.9 Å². The minimum atomic E-state index is 0. The molecule has 0 bridgehead atoms. The third-order valence-electron chi connectivity index (χ3n) is 3.50. The van der Waals surface area contributed by atoms with E-state index in [2.05, 4.69) is 56.4 Å². The van der Waals surface area contributed by atoms with E-state index >= 15 is 0 Å². The van der Waals surface area contributed by atoms with E-state index in [0.717, 1.165) is 0 Å². The average molecular weight is 282 g/mol. The van der Waals surface area contributed by atoms with Gasteiger partial charge in [-0.15, -0.1) is 0 Å². The smallest absolute Gasteiger partial charge is 0.101 e. The lowest BCUT2D eigenvalue weighted by molar-refractivity contribution is -0.607. The van der Waals surface area contributed by atoms with Gasteiger partial charge in [-0.25, -0.2) is 0 Å². The Morgan fingerprint density at radius 1 is 0.895 bits per heavy atom. The first-order valence-corrected chi connectivity index (χ1v) is 7.21. The Hall–Kier alpha value is -0.790. The Morgan fingerprint density at radius 2 is 1.53 bits per heavy atom. The third-order valence-corrected chi connectivity index (χ3v) is 3.50. The molecule has 1 nitrogen and oxygen atoms in total. The summed E-state index contributed by atoms with van der Waals surface area (Å²) in [5.41, 5.74) is 4.38. The number of allylic oxidation sites excluding steroid dienone is 2. The van der Waals surface area contributed by atoms with Gasteiger partial charge in [0.05, 0.1) is 6.54 Å². The fourth-order valence-corrected chi connectivity index (χ4v) is 1.99. The van der Waals surface area contributed by atoms with Crippen LogP contribution in [0.1, 0.15) is 52.0 Å². The largest absolute Gasteiger partial charge is 1.00 e. The lowest BCUT2D eigenvalue weighted by Gasteiger charge is -2.04. The summed E-state index contributed by atoms with van der Waals surface area (Å²) in [6.45, 7) is 7.82. The van der Waals surface area contributed by atoms with Gasteiger partial charge in [-0.1, -0.05) is 36.8 Å². The van der Waals surface area contributed by atoms with Crippen molar-refractivity contribution in [3.8, 4) is 0 Å². The molecule has 2 heteroatoms. The molecule has 0 aliphatic heterocycles. The topological polar surface area (TPSA) is 16.6 Å². The molecule has 19 heavy (non-hydrogen) atoms. The molecule has 1 aromatic rings. The zero-order valence-corrected chi connectivity index (χ0v) is 13.3. The number of rotatable bonds is 8. The molecule has 0 unspecified atom stereocenters. The van der Waals surface area contributed by atoms with Crippen LogP contribution in [-0.2, 0) is 6.42 Å².